The molecule has 1 aromatic heterocycles. The zero-order chi connectivity index (χ0) is 37.9. The highest BCUT2D eigenvalue weighted by atomic mass is 31.2. The molecule has 0 saturated carbocycles. The van der Waals surface area contributed by atoms with Crippen molar-refractivity contribution in [3.63, 3.8) is 0 Å². The van der Waals surface area contributed by atoms with Crippen molar-refractivity contribution in [3.05, 3.63) is 45.0 Å². The van der Waals surface area contributed by atoms with Gasteiger partial charge in [0.25, 0.3) is 14.1 Å². The van der Waals surface area contributed by atoms with Crippen LogP contribution in [0.25, 0.3) is 0 Å². The van der Waals surface area contributed by atoms with E-state index in [-0.39, 0.29) is 30.5 Å². The van der Waals surface area contributed by atoms with Crippen LogP contribution in [-0.2, 0) is 46.4 Å². The summed E-state index contributed by atoms with van der Waals surface area (Å²) in [6.45, 7) is 18.1. The lowest BCUT2D eigenvalue weighted by molar-refractivity contribution is -0.160. The second-order valence-corrected chi connectivity index (χ2v) is 17.6. The molecule has 4 unspecified atom stereocenters. The maximum absolute atomic E-state index is 14.0. The van der Waals surface area contributed by atoms with Crippen molar-refractivity contribution in [1.29, 1.82) is 5.26 Å². The Kier molecular flexibility index (Phi) is 17.1. The third-order valence-corrected chi connectivity index (χ3v) is 10.4. The number of nitrogens with zero attached hydrogens (tertiary/aromatic N) is 3. The molecule has 2 heterocycles. The van der Waals surface area contributed by atoms with E-state index in [1.165, 1.54) is 25.4 Å². The van der Waals surface area contributed by atoms with Gasteiger partial charge in [-0.2, -0.15) is 5.26 Å². The smallest absolute Gasteiger partial charge is 0.358 e. The molecule has 1 fully saturated rings. The van der Waals surface area contributed by atoms with Crippen LogP contribution in [0.4, 0.5) is 0 Å². The minimum Gasteiger partial charge on any atom is -0.438 e. The molecule has 1 N–H and O–H groups in total. The van der Waals surface area contributed by atoms with Crippen LogP contribution in [0.1, 0.15) is 81.9 Å². The van der Waals surface area contributed by atoms with Crippen LogP contribution in [0, 0.1) is 22.2 Å². The fourth-order valence-corrected chi connectivity index (χ4v) is 7.38. The quantitative estimate of drug-likeness (QED) is 0.0817. The summed E-state index contributed by atoms with van der Waals surface area (Å²) < 4.78 is 63.9. The van der Waals surface area contributed by atoms with E-state index in [1.54, 1.807) is 20.8 Å². The monoisotopic (exact) mass is 748 g/mol. The summed E-state index contributed by atoms with van der Waals surface area (Å²) in [6.07, 6.45) is -1.33. The third kappa shape index (κ3) is 13.7. The highest BCUT2D eigenvalue weighted by molar-refractivity contribution is 7.57. The minimum atomic E-state index is -4.18. The van der Waals surface area contributed by atoms with Crippen molar-refractivity contribution in [2.24, 2.45) is 10.8 Å². The maximum Gasteiger partial charge on any atom is 0.358 e. The predicted octanol–water partition coefficient (Wildman–Crippen LogP) is 5.42. The number of esters is 1. The van der Waals surface area contributed by atoms with Gasteiger partial charge in [-0.05, 0) is 60.0 Å². The number of H-pyrrole nitrogens is 1. The van der Waals surface area contributed by atoms with E-state index in [0.717, 1.165) is 10.4 Å². The van der Waals surface area contributed by atoms with Crippen molar-refractivity contribution in [2.75, 3.05) is 33.9 Å². The zero-order valence-electron chi connectivity index (χ0n) is 30.9. The lowest BCUT2D eigenvalue weighted by Crippen LogP contribution is -2.41. The number of rotatable bonds is 19. The van der Waals surface area contributed by atoms with Crippen LogP contribution >= 0.6 is 16.1 Å². The molecular weight excluding hydrogens is 694 g/mol. The summed E-state index contributed by atoms with van der Waals surface area (Å²) in [4.78, 5) is 39.3. The Bertz CT molecular complexity index is 1450. The number of aromatic nitrogens is 2. The van der Waals surface area contributed by atoms with Crippen LogP contribution in [0.2, 0.25) is 0 Å². The molecular formula is C32H54N4O12P2. The molecule has 1 aliphatic rings. The summed E-state index contributed by atoms with van der Waals surface area (Å²) in [5.74, 6) is 0.567. The predicted molar refractivity (Wildman–Crippen MR) is 186 cm³/mol. The molecule has 16 nitrogen and oxygen atoms in total. The Morgan fingerprint density at radius 2 is 1.76 bits per heavy atom. The highest BCUT2D eigenvalue weighted by Crippen LogP contribution is 2.53. The number of ether oxygens (including phenoxy) is 4. The normalized spacial score (nSPS) is 21.9. The molecule has 0 aliphatic carbocycles. The summed E-state index contributed by atoms with van der Waals surface area (Å²) in [5, 5.41) is 9.17. The first-order valence-corrected chi connectivity index (χ1v) is 19.0. The van der Waals surface area contributed by atoms with Crippen LogP contribution < -0.4 is 11.2 Å². The van der Waals surface area contributed by atoms with Gasteiger partial charge in [0.2, 0.25) is 6.79 Å². The summed E-state index contributed by atoms with van der Waals surface area (Å²) in [6, 6.07) is 3.15. The zero-order valence-corrected chi connectivity index (χ0v) is 32.7. The van der Waals surface area contributed by atoms with Gasteiger partial charge < -0.3 is 28.0 Å². The second-order valence-electron chi connectivity index (χ2n) is 14.3. The van der Waals surface area contributed by atoms with E-state index in [2.05, 4.69) is 11.1 Å². The molecule has 0 spiro atoms. The molecule has 0 bridgehead atoms. The SMILES string of the molecule is COC1C(OP(OCCC#N)N(C(C)C)C(C)C)[C@@H](/C=C/P(=O)(OCOCC(C)(C)C)OCOC(=O)C(C)(C)C)O[C@H]1n1ccc(=O)[nH]c1=O. The standard InChI is InChI=1S/C32H54N4O12P2/c1-22(2)36(23(3)4)49(44-17-12-15-33)48-26-24(47-28(27(26)41-11)35-16-13-25(37)34-30(35)39)14-18-50(40,45-20-42-19-31(5,6)7)46-21-43-29(38)32(8,9)10/h13-14,16,18,22-24,26-28H,12,17,19-21H2,1-11H3,(H,34,37,39)/b18-14+/t24-,26?,27?,28-,49?,50?/m1/s1. The Labute approximate surface area is 295 Å². The van der Waals surface area contributed by atoms with Crippen molar-refractivity contribution in [3.8, 4) is 6.07 Å². The number of nitriles is 1. The first kappa shape index (κ1) is 43.9. The summed E-state index contributed by atoms with van der Waals surface area (Å²) in [5.41, 5.74) is -2.39. The van der Waals surface area contributed by atoms with Crippen LogP contribution in [0.3, 0.4) is 0 Å². The average Bonchev–Trinajstić information content (AvgIpc) is 3.33. The molecule has 1 saturated heterocycles. The topological polar surface area (TPSA) is 190 Å². The van der Waals surface area contributed by atoms with Crippen LogP contribution in [0.15, 0.2) is 33.7 Å². The fourth-order valence-electron chi connectivity index (χ4n) is 4.58. The molecule has 0 radical (unpaired) electrons. The van der Waals surface area contributed by atoms with Crippen LogP contribution in [-0.4, -0.2) is 84.5 Å². The van der Waals surface area contributed by atoms with E-state index in [0.29, 0.717) is 6.61 Å². The Morgan fingerprint density at radius 3 is 2.30 bits per heavy atom. The largest absolute Gasteiger partial charge is 0.438 e. The number of hydrogen-bond acceptors (Lipinski definition) is 14. The molecule has 18 heteroatoms. The van der Waals surface area contributed by atoms with Gasteiger partial charge in [-0.3, -0.25) is 32.8 Å². The average molecular weight is 749 g/mol. The highest BCUT2D eigenvalue weighted by Gasteiger charge is 2.49. The first-order chi connectivity index (χ1) is 23.2. The van der Waals surface area contributed by atoms with Gasteiger partial charge in [-0.15, -0.1) is 0 Å². The molecule has 1 aliphatic heterocycles. The Hall–Kier alpha value is -2.28. The number of aromatic amines is 1. The summed E-state index contributed by atoms with van der Waals surface area (Å²) >= 11 is 0. The van der Waals surface area contributed by atoms with Gasteiger partial charge in [0, 0.05) is 37.3 Å². The number of carbonyl (C=O) groups excluding carboxylic acids is 1. The van der Waals surface area contributed by atoms with E-state index in [9.17, 15) is 24.2 Å². The van der Waals surface area contributed by atoms with E-state index in [4.69, 9.17) is 37.0 Å². The molecule has 6 atom stereocenters. The van der Waals surface area contributed by atoms with Crippen molar-refractivity contribution in [2.45, 2.75) is 112 Å². The lowest BCUT2D eigenvalue weighted by Gasteiger charge is -2.38. The van der Waals surface area contributed by atoms with Gasteiger partial charge in [0.15, 0.2) is 13.0 Å². The summed E-state index contributed by atoms with van der Waals surface area (Å²) in [7, 11) is -4.61. The molecule has 0 amide bonds. The van der Waals surface area contributed by atoms with Crippen LogP contribution in [0.5, 0.6) is 0 Å². The van der Waals surface area contributed by atoms with Crippen molar-refractivity contribution < 1.29 is 46.4 Å². The molecule has 50 heavy (non-hydrogen) atoms. The van der Waals surface area contributed by atoms with Gasteiger partial charge in [-0.25, -0.2) is 9.46 Å². The lowest BCUT2D eigenvalue weighted by atomic mass is 9.98. The minimum absolute atomic E-state index is 0.0379. The number of hydrogen-bond donors (Lipinski definition) is 1. The maximum atomic E-state index is 14.0. The molecule has 284 valence electrons. The Morgan fingerprint density at radius 1 is 1.12 bits per heavy atom. The molecule has 2 rings (SSSR count). The number of methoxy groups -OCH3 is 1. The third-order valence-electron chi connectivity index (χ3n) is 6.84. The van der Waals surface area contributed by atoms with Crippen molar-refractivity contribution in [1.82, 2.24) is 14.2 Å². The Balaban J connectivity index is 2.56. The molecule has 0 aromatic carbocycles. The van der Waals surface area contributed by atoms with Gasteiger partial charge >= 0.3 is 19.3 Å². The van der Waals surface area contributed by atoms with Gasteiger partial charge in [0.05, 0.1) is 31.1 Å². The van der Waals surface area contributed by atoms with E-state index in [1.807, 2.05) is 53.1 Å². The van der Waals surface area contributed by atoms with Gasteiger partial charge in [0.1, 0.15) is 18.3 Å². The fraction of sp³-hybridized carbons (Fsp3) is 0.750. The van der Waals surface area contributed by atoms with Gasteiger partial charge in [-0.1, -0.05) is 20.8 Å². The van der Waals surface area contributed by atoms with Crippen molar-refractivity contribution >= 4 is 22.1 Å². The first-order valence-electron chi connectivity index (χ1n) is 16.3. The number of nitrogens with one attached hydrogen (secondary N) is 1. The number of carbonyl (C=O) groups is 1. The second kappa shape index (κ2) is 19.5. The van der Waals surface area contributed by atoms with E-state index >= 15 is 0 Å². The molecule has 1 aromatic rings. The van der Waals surface area contributed by atoms with E-state index < -0.39 is 76.9 Å².